The minimum absolute atomic E-state index is 0.111. The molecule has 0 fully saturated rings. The molecule has 1 rings (SSSR count). The molecule has 0 saturated carbocycles. The average molecular weight is 292 g/mol. The highest BCUT2D eigenvalue weighted by atomic mass is 35.5. The first-order valence-corrected chi connectivity index (χ1v) is 6.30. The van der Waals surface area contributed by atoms with Gasteiger partial charge in [-0.25, -0.2) is 8.78 Å². The van der Waals surface area contributed by atoms with Gasteiger partial charge in [-0.3, -0.25) is 4.79 Å². The van der Waals surface area contributed by atoms with Crippen molar-refractivity contribution in [3.05, 3.63) is 34.4 Å². The Bertz CT molecular complexity index is 455. The zero-order valence-corrected chi connectivity index (χ0v) is 11.3. The van der Waals surface area contributed by atoms with Crippen molar-refractivity contribution in [2.45, 2.75) is 31.7 Å². The number of hydrogen-bond donors (Lipinski definition) is 1. The minimum atomic E-state index is -0.994. The number of hydrogen-bond acceptors (Lipinski definition) is 3. The smallest absolute Gasteiger partial charge is 0.305 e. The molecular weight excluding hydrogens is 276 g/mol. The van der Waals surface area contributed by atoms with E-state index in [1.165, 1.54) is 7.11 Å². The molecule has 3 nitrogen and oxygen atoms in total. The zero-order valence-electron chi connectivity index (χ0n) is 10.6. The summed E-state index contributed by atoms with van der Waals surface area (Å²) >= 11 is 5.82. The molecule has 106 valence electrons. The first-order valence-electron chi connectivity index (χ1n) is 5.92. The monoisotopic (exact) mass is 291 g/mol. The predicted octanol–water partition coefficient (Wildman–Crippen LogP) is 3.35. The van der Waals surface area contributed by atoms with Gasteiger partial charge >= 0.3 is 5.97 Å². The zero-order chi connectivity index (χ0) is 14.4. The fourth-order valence-corrected chi connectivity index (χ4v) is 2.00. The van der Waals surface area contributed by atoms with E-state index in [0.29, 0.717) is 31.2 Å². The van der Waals surface area contributed by atoms with Gasteiger partial charge < -0.3 is 10.5 Å². The number of unbranched alkanes of at least 4 members (excludes halogenated alkanes) is 1. The van der Waals surface area contributed by atoms with Gasteiger partial charge in [-0.2, -0.15) is 0 Å². The van der Waals surface area contributed by atoms with Crippen LogP contribution in [0.5, 0.6) is 0 Å². The van der Waals surface area contributed by atoms with Crippen LogP contribution in [0.1, 0.15) is 37.3 Å². The molecule has 0 aromatic heterocycles. The number of rotatable bonds is 6. The highest BCUT2D eigenvalue weighted by molar-refractivity contribution is 6.31. The second-order valence-corrected chi connectivity index (χ2v) is 4.62. The van der Waals surface area contributed by atoms with Gasteiger partial charge in [0.1, 0.15) is 0 Å². The minimum Gasteiger partial charge on any atom is -0.469 e. The molecule has 0 bridgehead atoms. The van der Waals surface area contributed by atoms with Crippen LogP contribution in [0.25, 0.3) is 0 Å². The molecule has 0 saturated heterocycles. The molecule has 0 spiro atoms. The van der Waals surface area contributed by atoms with Gasteiger partial charge in [0.05, 0.1) is 7.11 Å². The van der Waals surface area contributed by atoms with Crippen LogP contribution in [0.3, 0.4) is 0 Å². The van der Waals surface area contributed by atoms with E-state index in [1.807, 2.05) is 0 Å². The standard InChI is InChI=1S/C13H16ClF2NO2/c1-19-13(18)5-3-2-4-12(17)8-6-10(15)11(16)7-9(8)14/h6-7,12H,2-5,17H2,1H3. The molecule has 0 amide bonds. The van der Waals surface area contributed by atoms with Crippen LogP contribution >= 0.6 is 11.6 Å². The van der Waals surface area contributed by atoms with Crippen LogP contribution < -0.4 is 5.73 Å². The number of ether oxygens (including phenoxy) is 1. The maximum Gasteiger partial charge on any atom is 0.305 e. The Morgan fingerprint density at radius 3 is 2.63 bits per heavy atom. The molecule has 0 aliphatic heterocycles. The largest absolute Gasteiger partial charge is 0.469 e. The van der Waals surface area contributed by atoms with Gasteiger partial charge in [0.2, 0.25) is 0 Å². The van der Waals surface area contributed by atoms with Crippen molar-refractivity contribution < 1.29 is 18.3 Å². The number of methoxy groups -OCH3 is 1. The van der Waals surface area contributed by atoms with Crippen molar-refractivity contribution in [3.8, 4) is 0 Å². The Kier molecular flexibility index (Phi) is 6.18. The molecule has 0 aliphatic carbocycles. The summed E-state index contributed by atoms with van der Waals surface area (Å²) in [4.78, 5) is 10.9. The molecule has 1 aromatic rings. The lowest BCUT2D eigenvalue weighted by Gasteiger charge is -2.14. The van der Waals surface area contributed by atoms with Crippen molar-refractivity contribution in [3.63, 3.8) is 0 Å². The highest BCUT2D eigenvalue weighted by Crippen LogP contribution is 2.27. The molecule has 2 N–H and O–H groups in total. The van der Waals surface area contributed by atoms with Gasteiger partial charge in [0.25, 0.3) is 0 Å². The molecule has 0 heterocycles. The lowest BCUT2D eigenvalue weighted by molar-refractivity contribution is -0.140. The van der Waals surface area contributed by atoms with Gasteiger partial charge in [0, 0.05) is 17.5 Å². The van der Waals surface area contributed by atoms with Gasteiger partial charge in [-0.05, 0) is 30.5 Å². The Hall–Kier alpha value is -1.20. The van der Waals surface area contributed by atoms with Gasteiger partial charge in [-0.15, -0.1) is 0 Å². The second kappa shape index (κ2) is 7.40. The van der Waals surface area contributed by atoms with Crippen LogP contribution in [-0.4, -0.2) is 13.1 Å². The van der Waals surface area contributed by atoms with Crippen molar-refractivity contribution in [2.24, 2.45) is 5.73 Å². The van der Waals surface area contributed by atoms with Crippen LogP contribution in [0.4, 0.5) is 8.78 Å². The predicted molar refractivity (Wildman–Crippen MR) is 68.8 cm³/mol. The maximum atomic E-state index is 13.1. The van der Waals surface area contributed by atoms with E-state index in [1.54, 1.807) is 0 Å². The van der Waals surface area contributed by atoms with Crippen LogP contribution in [-0.2, 0) is 9.53 Å². The number of carbonyl (C=O) groups excluding carboxylic acids is 1. The number of esters is 1. The summed E-state index contributed by atoms with van der Waals surface area (Å²) in [5.74, 6) is -2.24. The van der Waals surface area contributed by atoms with Gasteiger partial charge in [0.15, 0.2) is 11.6 Å². The maximum absolute atomic E-state index is 13.1. The van der Waals surface area contributed by atoms with E-state index in [-0.39, 0.29) is 11.0 Å². The fraction of sp³-hybridized carbons (Fsp3) is 0.462. The van der Waals surface area contributed by atoms with E-state index in [2.05, 4.69) is 4.74 Å². The first kappa shape index (κ1) is 15.9. The third-order valence-electron chi connectivity index (χ3n) is 2.81. The highest BCUT2D eigenvalue weighted by Gasteiger charge is 2.14. The number of carbonyl (C=O) groups is 1. The molecule has 19 heavy (non-hydrogen) atoms. The molecule has 0 radical (unpaired) electrons. The summed E-state index contributed by atoms with van der Waals surface area (Å²) in [5, 5.41) is 0.111. The topological polar surface area (TPSA) is 52.3 Å². The molecule has 0 aliphatic rings. The normalized spacial score (nSPS) is 12.3. The summed E-state index contributed by atoms with van der Waals surface area (Å²) in [7, 11) is 1.33. The van der Waals surface area contributed by atoms with Crippen molar-refractivity contribution in [1.82, 2.24) is 0 Å². The Morgan fingerprint density at radius 2 is 2.00 bits per heavy atom. The lowest BCUT2D eigenvalue weighted by atomic mass is 10.0. The van der Waals surface area contributed by atoms with E-state index < -0.39 is 17.7 Å². The third kappa shape index (κ3) is 4.76. The number of halogens is 3. The van der Waals surface area contributed by atoms with Crippen molar-refractivity contribution >= 4 is 17.6 Å². The molecular formula is C13H16ClF2NO2. The van der Waals surface area contributed by atoms with Crippen LogP contribution in [0, 0.1) is 11.6 Å². The summed E-state index contributed by atoms with van der Waals surface area (Å²) in [6.45, 7) is 0. The average Bonchev–Trinajstić information content (AvgIpc) is 2.38. The van der Waals surface area contributed by atoms with E-state index in [4.69, 9.17) is 17.3 Å². The Labute approximate surface area is 115 Å². The van der Waals surface area contributed by atoms with E-state index in [0.717, 1.165) is 12.1 Å². The molecule has 1 unspecified atom stereocenters. The van der Waals surface area contributed by atoms with Crippen molar-refractivity contribution in [1.29, 1.82) is 0 Å². The molecule has 6 heteroatoms. The quantitative estimate of drug-likeness (QED) is 0.497. The van der Waals surface area contributed by atoms with Crippen LogP contribution in [0.15, 0.2) is 12.1 Å². The van der Waals surface area contributed by atoms with E-state index in [9.17, 15) is 13.6 Å². The summed E-state index contributed by atoms with van der Waals surface area (Å²) in [6, 6.07) is 1.45. The second-order valence-electron chi connectivity index (χ2n) is 4.22. The Balaban J connectivity index is 2.52. The third-order valence-corrected chi connectivity index (χ3v) is 3.14. The van der Waals surface area contributed by atoms with Crippen LogP contribution in [0.2, 0.25) is 5.02 Å². The molecule has 1 aromatic carbocycles. The summed E-state index contributed by atoms with van der Waals surface area (Å²) in [6.07, 6.45) is 2.14. The summed E-state index contributed by atoms with van der Waals surface area (Å²) in [5.41, 5.74) is 6.25. The number of benzene rings is 1. The Morgan fingerprint density at radius 1 is 1.37 bits per heavy atom. The molecule has 1 atom stereocenters. The van der Waals surface area contributed by atoms with E-state index >= 15 is 0 Å². The summed E-state index contributed by atoms with van der Waals surface area (Å²) < 4.78 is 30.5. The first-order chi connectivity index (χ1) is 8.95. The SMILES string of the molecule is COC(=O)CCCCC(N)c1cc(F)c(F)cc1Cl. The van der Waals surface area contributed by atoms with Gasteiger partial charge in [-0.1, -0.05) is 18.0 Å². The number of nitrogens with two attached hydrogens (primary N) is 1. The fourth-order valence-electron chi connectivity index (χ4n) is 1.71. The lowest BCUT2D eigenvalue weighted by Crippen LogP contribution is -2.12. The van der Waals surface area contributed by atoms with Crippen molar-refractivity contribution in [2.75, 3.05) is 7.11 Å².